The van der Waals surface area contributed by atoms with Gasteiger partial charge in [0.2, 0.25) is 0 Å². The Labute approximate surface area is 129 Å². The van der Waals surface area contributed by atoms with Crippen molar-refractivity contribution in [3.8, 4) is 5.75 Å². The van der Waals surface area contributed by atoms with E-state index in [1.807, 2.05) is 0 Å². The van der Waals surface area contributed by atoms with Gasteiger partial charge in [-0.25, -0.2) is 0 Å². The number of hydrogen-bond donors (Lipinski definition) is 1. The summed E-state index contributed by atoms with van der Waals surface area (Å²) in [6.45, 7) is 6.38. The smallest absolute Gasteiger partial charge is 0.133 e. The minimum absolute atomic E-state index is 0.780. The average molecular weight is 339 g/mol. The van der Waals surface area contributed by atoms with Gasteiger partial charge < -0.3 is 10.1 Å². The van der Waals surface area contributed by atoms with E-state index >= 15 is 0 Å². The Hall–Kier alpha value is -0.580. The van der Waals surface area contributed by atoms with E-state index in [-0.39, 0.29) is 0 Å². The van der Waals surface area contributed by atoms with Gasteiger partial charge in [0.25, 0.3) is 0 Å². The summed E-state index contributed by atoms with van der Waals surface area (Å²) in [4.78, 5) is 2.49. The van der Waals surface area contributed by atoms with Gasteiger partial charge >= 0.3 is 0 Å². The van der Waals surface area contributed by atoms with Gasteiger partial charge in [-0.1, -0.05) is 12.5 Å². The molecule has 0 amide bonds. The molecule has 0 unspecified atom stereocenters. The molecule has 1 heterocycles. The molecule has 1 aromatic carbocycles. The average Bonchev–Trinajstić information content (AvgIpc) is 2.40. The first-order chi connectivity index (χ1) is 9.81. The van der Waals surface area contributed by atoms with Crippen molar-refractivity contribution in [2.24, 2.45) is 5.92 Å². The van der Waals surface area contributed by atoms with Crippen LogP contribution in [0.15, 0.2) is 22.7 Å². The molecule has 1 aliphatic carbocycles. The first kappa shape index (κ1) is 14.4. The van der Waals surface area contributed by atoms with Gasteiger partial charge in [0.15, 0.2) is 0 Å². The van der Waals surface area contributed by atoms with Crippen LogP contribution < -0.4 is 10.1 Å². The van der Waals surface area contributed by atoms with E-state index in [1.54, 1.807) is 0 Å². The molecule has 1 N–H and O–H groups in total. The molecule has 3 nitrogen and oxygen atoms in total. The van der Waals surface area contributed by atoms with Gasteiger partial charge in [0.05, 0.1) is 11.1 Å². The summed E-state index contributed by atoms with van der Waals surface area (Å²) in [6.07, 6.45) is 4.04. The zero-order valence-corrected chi connectivity index (χ0v) is 13.5. The van der Waals surface area contributed by atoms with Crippen LogP contribution in [0, 0.1) is 5.92 Å². The van der Waals surface area contributed by atoms with E-state index in [9.17, 15) is 0 Å². The van der Waals surface area contributed by atoms with Crippen LogP contribution in [0.25, 0.3) is 0 Å². The Morgan fingerprint density at radius 1 is 1.25 bits per heavy atom. The number of nitrogens with zero attached hydrogens (tertiary/aromatic N) is 1. The highest BCUT2D eigenvalue weighted by Gasteiger charge is 2.18. The largest absolute Gasteiger partial charge is 0.492 e. The van der Waals surface area contributed by atoms with Crippen LogP contribution in [0.1, 0.15) is 24.8 Å². The summed E-state index contributed by atoms with van der Waals surface area (Å²) in [5, 5.41) is 3.39. The molecule has 1 saturated heterocycles. The van der Waals surface area contributed by atoms with Crippen molar-refractivity contribution < 1.29 is 4.74 Å². The Bertz CT molecular complexity index is 442. The van der Waals surface area contributed by atoms with Crippen molar-refractivity contribution in [2.45, 2.75) is 25.8 Å². The molecule has 0 bridgehead atoms. The molecule has 0 atom stereocenters. The molecule has 2 aliphatic rings. The second-order valence-electron chi connectivity index (χ2n) is 5.90. The van der Waals surface area contributed by atoms with Gasteiger partial charge in [-0.2, -0.15) is 0 Å². The zero-order chi connectivity index (χ0) is 13.8. The van der Waals surface area contributed by atoms with Crippen LogP contribution in [0.2, 0.25) is 0 Å². The summed E-state index contributed by atoms with van der Waals surface area (Å²) < 4.78 is 7.00. The Balaban J connectivity index is 1.55. The van der Waals surface area contributed by atoms with Crippen LogP contribution in [0.3, 0.4) is 0 Å². The van der Waals surface area contributed by atoms with Crippen molar-refractivity contribution in [1.29, 1.82) is 0 Å². The minimum atomic E-state index is 0.780. The third kappa shape index (κ3) is 3.74. The molecular formula is C16H23BrN2O. The fraction of sp³-hybridized carbons (Fsp3) is 0.625. The van der Waals surface area contributed by atoms with Crippen LogP contribution in [0.4, 0.5) is 0 Å². The monoisotopic (exact) mass is 338 g/mol. The maximum Gasteiger partial charge on any atom is 0.133 e. The first-order valence-corrected chi connectivity index (χ1v) is 8.45. The van der Waals surface area contributed by atoms with Gasteiger partial charge in [-0.15, -0.1) is 0 Å². The molecule has 0 radical (unpaired) electrons. The predicted octanol–water partition coefficient (Wildman–Crippen LogP) is 3.03. The molecule has 1 aromatic rings. The lowest BCUT2D eigenvalue weighted by Crippen LogP contribution is -2.42. The lowest BCUT2D eigenvalue weighted by atomic mass is 9.86. The number of benzene rings is 1. The number of nitrogens with one attached hydrogen (secondary N) is 1. The molecule has 1 saturated carbocycles. The Morgan fingerprint density at radius 2 is 2.05 bits per heavy atom. The standard InChI is InChI=1S/C16H23BrN2O/c17-15-10-14(11-19-8-6-18-7-9-19)4-5-16(15)20-12-13-2-1-3-13/h4-5,10,13,18H,1-3,6-9,11-12H2. The van der Waals surface area contributed by atoms with Crippen LogP contribution >= 0.6 is 15.9 Å². The summed E-state index contributed by atoms with van der Waals surface area (Å²) in [5.74, 6) is 1.77. The summed E-state index contributed by atoms with van der Waals surface area (Å²) in [6, 6.07) is 6.52. The summed E-state index contributed by atoms with van der Waals surface area (Å²) in [7, 11) is 0. The van der Waals surface area contributed by atoms with Crippen molar-refractivity contribution in [1.82, 2.24) is 10.2 Å². The number of ether oxygens (including phenoxy) is 1. The predicted molar refractivity (Wildman–Crippen MR) is 85.1 cm³/mol. The Morgan fingerprint density at radius 3 is 2.70 bits per heavy atom. The third-order valence-corrected chi connectivity index (χ3v) is 4.93. The second-order valence-corrected chi connectivity index (χ2v) is 6.75. The van der Waals surface area contributed by atoms with Crippen molar-refractivity contribution in [3.05, 3.63) is 28.2 Å². The zero-order valence-electron chi connectivity index (χ0n) is 11.9. The summed E-state index contributed by atoms with van der Waals surface area (Å²) >= 11 is 3.65. The fourth-order valence-corrected chi connectivity index (χ4v) is 3.29. The van der Waals surface area contributed by atoms with Crippen molar-refractivity contribution in [3.63, 3.8) is 0 Å². The van der Waals surface area contributed by atoms with Crippen molar-refractivity contribution >= 4 is 15.9 Å². The highest BCUT2D eigenvalue weighted by atomic mass is 79.9. The lowest BCUT2D eigenvalue weighted by Gasteiger charge is -2.27. The van der Waals surface area contributed by atoms with Crippen molar-refractivity contribution in [2.75, 3.05) is 32.8 Å². The third-order valence-electron chi connectivity index (χ3n) is 4.31. The lowest BCUT2D eigenvalue weighted by molar-refractivity contribution is 0.179. The van der Waals surface area contributed by atoms with Gasteiger partial charge in [-0.05, 0) is 52.4 Å². The first-order valence-electron chi connectivity index (χ1n) is 7.65. The number of rotatable bonds is 5. The molecule has 1 aliphatic heterocycles. The molecule has 0 spiro atoms. The van der Waals surface area contributed by atoms with E-state index in [0.717, 1.165) is 55.5 Å². The number of hydrogen-bond acceptors (Lipinski definition) is 3. The molecule has 4 heteroatoms. The topological polar surface area (TPSA) is 24.5 Å². The van der Waals surface area contributed by atoms with E-state index in [4.69, 9.17) is 4.74 Å². The highest BCUT2D eigenvalue weighted by Crippen LogP contribution is 2.30. The van der Waals surface area contributed by atoms with E-state index < -0.39 is 0 Å². The van der Waals surface area contributed by atoms with E-state index in [2.05, 4.69) is 44.3 Å². The van der Waals surface area contributed by atoms with E-state index in [1.165, 1.54) is 24.8 Å². The summed E-state index contributed by atoms with van der Waals surface area (Å²) in [5.41, 5.74) is 1.36. The SMILES string of the molecule is Brc1cc(CN2CCNCC2)ccc1OCC1CCC1. The second kappa shape index (κ2) is 6.92. The van der Waals surface area contributed by atoms with Gasteiger partial charge in [0.1, 0.15) is 5.75 Å². The Kier molecular flexibility index (Phi) is 4.97. The molecule has 2 fully saturated rings. The maximum absolute atomic E-state index is 5.92. The molecule has 20 heavy (non-hydrogen) atoms. The molecule has 3 rings (SSSR count). The minimum Gasteiger partial charge on any atom is -0.492 e. The van der Waals surface area contributed by atoms with E-state index in [0.29, 0.717) is 0 Å². The molecule has 110 valence electrons. The maximum atomic E-state index is 5.92. The van der Waals surface area contributed by atoms with Crippen LogP contribution in [-0.2, 0) is 6.54 Å². The van der Waals surface area contributed by atoms with Crippen LogP contribution in [-0.4, -0.2) is 37.7 Å². The fourth-order valence-electron chi connectivity index (χ4n) is 2.75. The normalized spacial score (nSPS) is 20.6. The quantitative estimate of drug-likeness (QED) is 0.892. The van der Waals surface area contributed by atoms with Crippen LogP contribution in [0.5, 0.6) is 5.75 Å². The number of piperazine rings is 1. The number of halogens is 1. The molecule has 0 aromatic heterocycles. The van der Waals surface area contributed by atoms with Gasteiger partial charge in [-0.3, -0.25) is 4.90 Å². The molecular weight excluding hydrogens is 316 g/mol. The highest BCUT2D eigenvalue weighted by molar-refractivity contribution is 9.10. The van der Waals surface area contributed by atoms with Gasteiger partial charge in [0, 0.05) is 32.7 Å².